The number of thiophene rings is 1. The molecule has 0 spiro atoms. The summed E-state index contributed by atoms with van der Waals surface area (Å²) in [5.41, 5.74) is 0.842. The number of nitrogens with zero attached hydrogens (tertiary/aromatic N) is 1. The second kappa shape index (κ2) is 11.2. The molecule has 2 rings (SSSR count). The van der Waals surface area contributed by atoms with Crippen molar-refractivity contribution in [3.8, 4) is 6.07 Å². The molecule has 144 valence electrons. The highest BCUT2D eigenvalue weighted by Gasteiger charge is 2.24. The predicted octanol–water partition coefficient (Wildman–Crippen LogP) is 3.93. The number of fused-ring (bicyclic) bond motifs is 1. The minimum Gasteiger partial charge on any atom is -0.450 e. The van der Waals surface area contributed by atoms with Crippen molar-refractivity contribution in [1.29, 1.82) is 5.26 Å². The number of hydrogen-bond donors (Lipinski definition) is 2. The number of ether oxygens (including phenoxy) is 1. The molecule has 7 heteroatoms. The van der Waals surface area contributed by atoms with Gasteiger partial charge in [0, 0.05) is 11.2 Å². The number of hydrogen-bond acceptors (Lipinski definition) is 5. The second-order valence-corrected chi connectivity index (χ2v) is 7.10. The van der Waals surface area contributed by atoms with Crippen LogP contribution in [0, 0.1) is 11.3 Å². The van der Waals surface area contributed by atoms with Gasteiger partial charge in [0.15, 0.2) is 0 Å². The van der Waals surface area contributed by atoms with Crippen LogP contribution in [0.4, 0.5) is 4.79 Å². The highest BCUT2D eigenvalue weighted by Crippen LogP contribution is 2.31. The van der Waals surface area contributed by atoms with Crippen molar-refractivity contribution in [2.45, 2.75) is 38.5 Å². The Morgan fingerprint density at radius 3 is 2.81 bits per heavy atom. The molecule has 1 aromatic heterocycles. The molecule has 0 radical (unpaired) electrons. The fourth-order valence-electron chi connectivity index (χ4n) is 2.79. The third-order valence-corrected chi connectivity index (χ3v) is 5.21. The zero-order valence-electron chi connectivity index (χ0n) is 15.5. The van der Waals surface area contributed by atoms with Gasteiger partial charge in [0.25, 0.3) is 0 Å². The van der Waals surface area contributed by atoms with E-state index in [1.807, 2.05) is 35.7 Å². The number of benzene rings is 1. The van der Waals surface area contributed by atoms with Crippen molar-refractivity contribution < 1.29 is 14.3 Å². The average Bonchev–Trinajstić information content (AvgIpc) is 3.10. The molecule has 1 atom stereocenters. The lowest BCUT2D eigenvalue weighted by Gasteiger charge is -2.16. The quantitative estimate of drug-likeness (QED) is 0.477. The van der Waals surface area contributed by atoms with Crippen LogP contribution in [0.5, 0.6) is 0 Å². The summed E-state index contributed by atoms with van der Waals surface area (Å²) in [7, 11) is 0. The largest absolute Gasteiger partial charge is 0.450 e. The first-order valence-corrected chi connectivity index (χ1v) is 10.1. The third-order valence-electron chi connectivity index (χ3n) is 4.23. The van der Waals surface area contributed by atoms with Gasteiger partial charge in [-0.1, -0.05) is 44.4 Å². The van der Waals surface area contributed by atoms with E-state index in [0.717, 1.165) is 41.3 Å². The molecule has 0 aliphatic carbocycles. The highest BCUT2D eigenvalue weighted by molar-refractivity contribution is 7.17. The van der Waals surface area contributed by atoms with E-state index in [4.69, 9.17) is 10.00 Å². The Labute approximate surface area is 163 Å². The molecule has 0 aliphatic heterocycles. The molecule has 27 heavy (non-hydrogen) atoms. The summed E-state index contributed by atoms with van der Waals surface area (Å²) in [5.74, 6) is -0.870. The molecular formula is C20H25N3O3S. The van der Waals surface area contributed by atoms with Gasteiger partial charge in [0.2, 0.25) is 5.91 Å². The first-order valence-electron chi connectivity index (χ1n) is 9.18. The molecule has 0 saturated heterocycles. The van der Waals surface area contributed by atoms with Gasteiger partial charge in [-0.3, -0.25) is 4.79 Å². The Morgan fingerprint density at radius 1 is 1.22 bits per heavy atom. The number of rotatable bonds is 10. The van der Waals surface area contributed by atoms with E-state index in [1.54, 1.807) is 11.3 Å². The van der Waals surface area contributed by atoms with Crippen molar-refractivity contribution in [3.05, 3.63) is 35.2 Å². The molecule has 2 amide bonds. The fraction of sp³-hybridized carbons (Fsp3) is 0.450. The van der Waals surface area contributed by atoms with Crippen LogP contribution in [-0.4, -0.2) is 31.7 Å². The number of amides is 2. The molecule has 6 nitrogen and oxygen atoms in total. The van der Waals surface area contributed by atoms with Crippen molar-refractivity contribution in [2.75, 3.05) is 19.7 Å². The Hall–Kier alpha value is -2.59. The van der Waals surface area contributed by atoms with Gasteiger partial charge in [-0.05, 0) is 28.8 Å². The third kappa shape index (κ3) is 6.26. The summed E-state index contributed by atoms with van der Waals surface area (Å²) in [6.07, 6.45) is 3.59. The van der Waals surface area contributed by atoms with E-state index >= 15 is 0 Å². The van der Waals surface area contributed by atoms with Gasteiger partial charge >= 0.3 is 6.09 Å². The van der Waals surface area contributed by atoms with E-state index in [0.29, 0.717) is 6.61 Å². The molecule has 0 saturated carbocycles. The summed E-state index contributed by atoms with van der Waals surface area (Å²) >= 11 is 1.55. The maximum Gasteiger partial charge on any atom is 0.407 e. The van der Waals surface area contributed by atoms with Gasteiger partial charge < -0.3 is 15.4 Å². The summed E-state index contributed by atoms with van der Waals surface area (Å²) in [5, 5.41) is 16.9. The average molecular weight is 388 g/mol. The van der Waals surface area contributed by atoms with Crippen LogP contribution in [0.1, 0.15) is 44.1 Å². The second-order valence-electron chi connectivity index (χ2n) is 6.19. The van der Waals surface area contributed by atoms with Gasteiger partial charge in [0.05, 0.1) is 18.6 Å². The number of carbonyl (C=O) groups excluding carboxylic acids is 2. The Bertz CT molecular complexity index is 797. The van der Waals surface area contributed by atoms with E-state index in [9.17, 15) is 9.59 Å². The van der Waals surface area contributed by atoms with Crippen molar-refractivity contribution >= 4 is 33.4 Å². The Morgan fingerprint density at radius 2 is 2.04 bits per heavy atom. The van der Waals surface area contributed by atoms with E-state index in [2.05, 4.69) is 17.6 Å². The molecule has 0 bridgehead atoms. The van der Waals surface area contributed by atoms with Crippen LogP contribution in [0.2, 0.25) is 0 Å². The first kappa shape index (κ1) is 20.7. The highest BCUT2D eigenvalue weighted by atomic mass is 32.1. The Balaban J connectivity index is 2.00. The van der Waals surface area contributed by atoms with Crippen molar-refractivity contribution in [3.63, 3.8) is 0 Å². The predicted molar refractivity (Wildman–Crippen MR) is 107 cm³/mol. The lowest BCUT2D eigenvalue weighted by Crippen LogP contribution is -2.37. The zero-order valence-corrected chi connectivity index (χ0v) is 16.3. The van der Waals surface area contributed by atoms with Gasteiger partial charge in [-0.2, -0.15) is 5.26 Å². The standard InChI is InChI=1S/C20H25N3O3S/c1-2-3-4-7-12-26-20(25)23-13-16(19(24)22-11-10-21)17-14-27-18-9-6-5-8-15(17)18/h5-6,8-9,14,16H,2-4,7,11-13H2,1H3,(H,22,24)(H,23,25). The zero-order chi connectivity index (χ0) is 19.5. The topological polar surface area (TPSA) is 91.2 Å². The normalized spacial score (nSPS) is 11.6. The molecule has 0 fully saturated rings. The summed E-state index contributed by atoms with van der Waals surface area (Å²) in [4.78, 5) is 24.5. The number of alkyl carbamates (subject to hydrolysis) is 1. The molecule has 1 heterocycles. The summed E-state index contributed by atoms with van der Waals surface area (Å²) in [6.45, 7) is 2.54. The molecule has 1 aromatic carbocycles. The number of nitrogens with one attached hydrogen (secondary N) is 2. The fourth-order valence-corrected chi connectivity index (χ4v) is 3.81. The van der Waals surface area contributed by atoms with Crippen LogP contribution in [0.15, 0.2) is 29.6 Å². The van der Waals surface area contributed by atoms with Crippen LogP contribution < -0.4 is 10.6 Å². The maximum absolute atomic E-state index is 12.5. The monoisotopic (exact) mass is 387 g/mol. The van der Waals surface area contributed by atoms with E-state index < -0.39 is 12.0 Å². The van der Waals surface area contributed by atoms with Crippen molar-refractivity contribution in [2.24, 2.45) is 0 Å². The lowest BCUT2D eigenvalue weighted by molar-refractivity contribution is -0.122. The van der Waals surface area contributed by atoms with Gasteiger partial charge in [0.1, 0.15) is 6.54 Å². The van der Waals surface area contributed by atoms with E-state index in [-0.39, 0.29) is 19.0 Å². The molecule has 0 aliphatic rings. The van der Waals surface area contributed by atoms with E-state index in [1.165, 1.54) is 0 Å². The minimum absolute atomic E-state index is 0.0702. The number of carbonyl (C=O) groups is 2. The Kier molecular flexibility index (Phi) is 8.59. The SMILES string of the molecule is CCCCCCOC(=O)NCC(C(=O)NCC#N)c1csc2ccccc12. The molecule has 2 N–H and O–H groups in total. The minimum atomic E-state index is -0.581. The van der Waals surface area contributed by atoms with Crippen LogP contribution >= 0.6 is 11.3 Å². The summed E-state index contributed by atoms with van der Waals surface area (Å²) in [6, 6.07) is 9.72. The number of unbranched alkanes of at least 4 members (excludes halogenated alkanes) is 3. The molecule has 1 unspecified atom stereocenters. The maximum atomic E-state index is 12.5. The van der Waals surface area contributed by atoms with Crippen LogP contribution in [0.25, 0.3) is 10.1 Å². The first-order chi connectivity index (χ1) is 13.2. The molecule has 2 aromatic rings. The smallest absolute Gasteiger partial charge is 0.407 e. The van der Waals surface area contributed by atoms with Crippen LogP contribution in [-0.2, 0) is 9.53 Å². The number of nitriles is 1. The van der Waals surface area contributed by atoms with Crippen LogP contribution in [0.3, 0.4) is 0 Å². The summed E-state index contributed by atoms with van der Waals surface area (Å²) < 4.78 is 6.25. The van der Waals surface area contributed by atoms with Gasteiger partial charge in [-0.15, -0.1) is 11.3 Å². The van der Waals surface area contributed by atoms with Gasteiger partial charge in [-0.25, -0.2) is 4.79 Å². The van der Waals surface area contributed by atoms with Crippen molar-refractivity contribution in [1.82, 2.24) is 10.6 Å². The lowest BCUT2D eigenvalue weighted by atomic mass is 9.97. The molecular weight excluding hydrogens is 362 g/mol.